The predicted molar refractivity (Wildman–Crippen MR) is 58.7 cm³/mol. The number of hydrogen-bond donors (Lipinski definition) is 1. The largest absolute Gasteiger partial charge is 0.393 e. The molecule has 0 amide bonds. The highest BCUT2D eigenvalue weighted by Crippen LogP contribution is 2.20. The van der Waals surface area contributed by atoms with E-state index < -0.39 is 0 Å². The van der Waals surface area contributed by atoms with Crippen LogP contribution in [0.4, 0.5) is 4.39 Å². The fraction of sp³-hybridized carbons (Fsp3) is 0.455. The lowest BCUT2D eigenvalue weighted by Crippen LogP contribution is -2.06. The van der Waals surface area contributed by atoms with Crippen LogP contribution in [0.25, 0.3) is 0 Å². The van der Waals surface area contributed by atoms with E-state index in [-0.39, 0.29) is 11.9 Å². The molecule has 1 rings (SSSR count). The monoisotopic (exact) mass is 260 g/mol. The van der Waals surface area contributed by atoms with E-state index in [1.807, 2.05) is 6.92 Å². The predicted octanol–water partition coefficient (Wildman–Crippen LogP) is 3.29. The molecule has 1 unspecified atom stereocenters. The molecule has 0 heterocycles. The lowest BCUT2D eigenvalue weighted by Gasteiger charge is -2.08. The maximum absolute atomic E-state index is 13.4. The number of benzene rings is 1. The summed E-state index contributed by atoms with van der Waals surface area (Å²) >= 11 is 3.13. The van der Waals surface area contributed by atoms with Crippen LogP contribution < -0.4 is 0 Å². The molecule has 14 heavy (non-hydrogen) atoms. The summed E-state index contributed by atoms with van der Waals surface area (Å²) in [6.07, 6.45) is 1.59. The van der Waals surface area contributed by atoms with Gasteiger partial charge in [-0.15, -0.1) is 0 Å². The molecule has 0 bridgehead atoms. The molecule has 0 fully saturated rings. The third-order valence-electron chi connectivity index (χ3n) is 2.25. The molecule has 1 atom stereocenters. The van der Waals surface area contributed by atoms with Crippen molar-refractivity contribution < 1.29 is 9.50 Å². The standard InChI is InChI=1S/C11H14BrFO/c1-2-9(14)7-6-8-4-3-5-10(12)11(8)13/h3-5,9,14H,2,6-7H2,1H3. The maximum atomic E-state index is 13.4. The molecule has 1 aromatic rings. The van der Waals surface area contributed by atoms with Crippen LogP contribution in [0.5, 0.6) is 0 Å². The molecule has 0 aliphatic heterocycles. The fourth-order valence-electron chi connectivity index (χ4n) is 1.27. The van der Waals surface area contributed by atoms with Gasteiger partial charge in [0.2, 0.25) is 0 Å². The van der Waals surface area contributed by atoms with E-state index in [4.69, 9.17) is 0 Å². The SMILES string of the molecule is CCC(O)CCc1cccc(Br)c1F. The molecule has 0 aliphatic carbocycles. The molecule has 1 nitrogen and oxygen atoms in total. The van der Waals surface area contributed by atoms with Gasteiger partial charge in [-0.3, -0.25) is 0 Å². The Bertz CT molecular complexity index is 301. The second-order valence-electron chi connectivity index (χ2n) is 3.31. The van der Waals surface area contributed by atoms with Crippen molar-refractivity contribution in [2.75, 3.05) is 0 Å². The summed E-state index contributed by atoms with van der Waals surface area (Å²) in [7, 11) is 0. The third kappa shape index (κ3) is 3.07. The summed E-state index contributed by atoms with van der Waals surface area (Å²) in [6, 6.07) is 5.23. The zero-order valence-electron chi connectivity index (χ0n) is 8.13. The molecule has 3 heteroatoms. The van der Waals surface area contributed by atoms with Crippen LogP contribution >= 0.6 is 15.9 Å². The first kappa shape index (κ1) is 11.7. The number of hydrogen-bond acceptors (Lipinski definition) is 1. The Hall–Kier alpha value is -0.410. The molecule has 0 saturated heterocycles. The first-order valence-electron chi connectivity index (χ1n) is 4.76. The zero-order valence-corrected chi connectivity index (χ0v) is 9.72. The highest BCUT2D eigenvalue weighted by Gasteiger charge is 2.07. The molecular formula is C11H14BrFO. The van der Waals surface area contributed by atoms with Gasteiger partial charge in [-0.1, -0.05) is 19.1 Å². The van der Waals surface area contributed by atoms with Crippen molar-refractivity contribution in [1.82, 2.24) is 0 Å². The quantitative estimate of drug-likeness (QED) is 0.881. The van der Waals surface area contributed by atoms with Crippen LogP contribution in [0.1, 0.15) is 25.3 Å². The number of aliphatic hydroxyl groups is 1. The van der Waals surface area contributed by atoms with Gasteiger partial charge in [0.15, 0.2) is 0 Å². The van der Waals surface area contributed by atoms with E-state index in [0.29, 0.717) is 22.9 Å². The second-order valence-corrected chi connectivity index (χ2v) is 4.17. The minimum atomic E-state index is -0.326. The minimum Gasteiger partial charge on any atom is -0.393 e. The molecular weight excluding hydrogens is 247 g/mol. The van der Waals surface area contributed by atoms with Crippen molar-refractivity contribution in [3.63, 3.8) is 0 Å². The lowest BCUT2D eigenvalue weighted by molar-refractivity contribution is 0.160. The topological polar surface area (TPSA) is 20.2 Å². The molecule has 0 aromatic heterocycles. The Labute approximate surface area is 92.1 Å². The van der Waals surface area contributed by atoms with Crippen molar-refractivity contribution in [3.05, 3.63) is 34.1 Å². The minimum absolute atomic E-state index is 0.212. The summed E-state index contributed by atoms with van der Waals surface area (Å²) < 4.78 is 13.9. The van der Waals surface area contributed by atoms with Gasteiger partial charge in [-0.05, 0) is 46.8 Å². The smallest absolute Gasteiger partial charge is 0.140 e. The van der Waals surface area contributed by atoms with Crippen LogP contribution in [0.2, 0.25) is 0 Å². The van der Waals surface area contributed by atoms with Crippen LogP contribution in [0, 0.1) is 5.82 Å². The lowest BCUT2D eigenvalue weighted by atomic mass is 10.1. The molecule has 0 saturated carbocycles. The van der Waals surface area contributed by atoms with Gasteiger partial charge in [0.25, 0.3) is 0 Å². The second kappa shape index (κ2) is 5.47. The number of aliphatic hydroxyl groups excluding tert-OH is 1. The number of rotatable bonds is 4. The Kier molecular flexibility index (Phi) is 4.55. The highest BCUT2D eigenvalue weighted by atomic mass is 79.9. The first-order chi connectivity index (χ1) is 6.65. The average molecular weight is 261 g/mol. The highest BCUT2D eigenvalue weighted by molar-refractivity contribution is 9.10. The summed E-state index contributed by atoms with van der Waals surface area (Å²) in [4.78, 5) is 0. The van der Waals surface area contributed by atoms with E-state index in [1.165, 1.54) is 0 Å². The molecule has 0 spiro atoms. The number of halogens is 2. The van der Waals surface area contributed by atoms with Gasteiger partial charge < -0.3 is 5.11 Å². The van der Waals surface area contributed by atoms with Gasteiger partial charge in [-0.25, -0.2) is 4.39 Å². The van der Waals surface area contributed by atoms with Crippen LogP contribution in [0.3, 0.4) is 0 Å². The first-order valence-corrected chi connectivity index (χ1v) is 5.55. The summed E-state index contributed by atoms with van der Waals surface area (Å²) in [5.41, 5.74) is 0.659. The van der Waals surface area contributed by atoms with E-state index in [0.717, 1.165) is 6.42 Å². The van der Waals surface area contributed by atoms with Gasteiger partial charge in [0, 0.05) is 0 Å². The number of aryl methyl sites for hydroxylation is 1. The third-order valence-corrected chi connectivity index (χ3v) is 2.86. The van der Waals surface area contributed by atoms with Crippen molar-refractivity contribution >= 4 is 15.9 Å². The van der Waals surface area contributed by atoms with E-state index in [1.54, 1.807) is 18.2 Å². The van der Waals surface area contributed by atoms with Gasteiger partial charge in [-0.2, -0.15) is 0 Å². The van der Waals surface area contributed by atoms with Crippen LogP contribution in [0.15, 0.2) is 22.7 Å². The zero-order chi connectivity index (χ0) is 10.6. The average Bonchev–Trinajstić information content (AvgIpc) is 2.20. The van der Waals surface area contributed by atoms with Gasteiger partial charge in [0.05, 0.1) is 10.6 Å². The molecule has 78 valence electrons. The van der Waals surface area contributed by atoms with E-state index >= 15 is 0 Å². The van der Waals surface area contributed by atoms with Crippen LogP contribution in [-0.2, 0) is 6.42 Å². The van der Waals surface area contributed by atoms with Crippen molar-refractivity contribution in [2.24, 2.45) is 0 Å². The molecule has 1 aromatic carbocycles. The van der Waals surface area contributed by atoms with Crippen molar-refractivity contribution in [3.8, 4) is 0 Å². The van der Waals surface area contributed by atoms with Gasteiger partial charge in [0.1, 0.15) is 5.82 Å². The summed E-state index contributed by atoms with van der Waals surface area (Å²) in [5.74, 6) is -0.212. The van der Waals surface area contributed by atoms with Crippen molar-refractivity contribution in [2.45, 2.75) is 32.3 Å². The molecule has 1 N–H and O–H groups in total. The molecule has 0 aliphatic rings. The van der Waals surface area contributed by atoms with E-state index in [9.17, 15) is 9.50 Å². The maximum Gasteiger partial charge on any atom is 0.140 e. The Morgan fingerprint density at radius 2 is 2.21 bits per heavy atom. The normalized spacial score (nSPS) is 12.9. The summed E-state index contributed by atoms with van der Waals surface area (Å²) in [6.45, 7) is 1.92. The Morgan fingerprint density at radius 3 is 2.86 bits per heavy atom. The molecule has 0 radical (unpaired) electrons. The Balaban J connectivity index is 2.63. The van der Waals surface area contributed by atoms with Crippen molar-refractivity contribution in [1.29, 1.82) is 0 Å². The van der Waals surface area contributed by atoms with E-state index in [2.05, 4.69) is 15.9 Å². The fourth-order valence-corrected chi connectivity index (χ4v) is 1.68. The Morgan fingerprint density at radius 1 is 1.50 bits per heavy atom. The van der Waals surface area contributed by atoms with Crippen LogP contribution in [-0.4, -0.2) is 11.2 Å². The van der Waals surface area contributed by atoms with Gasteiger partial charge >= 0.3 is 0 Å². The summed E-state index contributed by atoms with van der Waals surface area (Å²) in [5, 5.41) is 9.35.